The lowest BCUT2D eigenvalue weighted by atomic mass is 10.2. The van der Waals surface area contributed by atoms with Crippen LogP contribution in [-0.4, -0.2) is 18.4 Å². The highest BCUT2D eigenvalue weighted by atomic mass is 35.5. The van der Waals surface area contributed by atoms with Crippen molar-refractivity contribution >= 4 is 40.7 Å². The van der Waals surface area contributed by atoms with Crippen LogP contribution in [0.3, 0.4) is 0 Å². The van der Waals surface area contributed by atoms with E-state index in [2.05, 4.69) is 15.3 Å². The molecule has 1 rings (SSSR count). The second kappa shape index (κ2) is 7.55. The maximum atomic E-state index is 12.6. The van der Waals surface area contributed by atoms with E-state index in [1.165, 1.54) is 0 Å². The summed E-state index contributed by atoms with van der Waals surface area (Å²) in [6, 6.07) is 1.40. The van der Waals surface area contributed by atoms with E-state index in [0.717, 1.165) is 0 Å². The van der Waals surface area contributed by atoms with E-state index in [4.69, 9.17) is 28.9 Å². The molecule has 0 aliphatic carbocycles. The molecular weight excluding hydrogens is 346 g/mol. The number of hydrazone groups is 1. The van der Waals surface area contributed by atoms with Gasteiger partial charge in [-0.3, -0.25) is 10.2 Å². The average Bonchev–Trinajstić information content (AvgIpc) is 2.36. The Hall–Kier alpha value is -1.67. The summed E-state index contributed by atoms with van der Waals surface area (Å²) in [6.07, 6.45) is -4.85. The van der Waals surface area contributed by atoms with Crippen molar-refractivity contribution in [2.24, 2.45) is 10.8 Å². The fraction of sp³-hybridized carbons (Fsp3) is 0.333. The monoisotopic (exact) mass is 357 g/mol. The van der Waals surface area contributed by atoms with Gasteiger partial charge in [0.25, 0.3) is 0 Å². The molecule has 0 amide bonds. The van der Waals surface area contributed by atoms with Crippen molar-refractivity contribution in [2.45, 2.75) is 19.5 Å². The number of hydrogen-bond acceptors (Lipinski definition) is 4. The highest BCUT2D eigenvalue weighted by Crippen LogP contribution is 2.38. The van der Waals surface area contributed by atoms with Gasteiger partial charge in [-0.1, -0.05) is 23.2 Å². The first-order chi connectivity index (χ1) is 10.1. The number of carbonyl (C=O) groups is 1. The Morgan fingerprint density at radius 2 is 1.91 bits per heavy atom. The standard InChI is InChI=1S/C12H12Cl2F3N3O2/c1-2-22-10(21)5-9(18)19-20-11-7(13)3-6(4-8(11)14)12(15,16)17/h3-4,20H,2,5H2,1H3,(H2,18,19). The molecule has 0 aliphatic heterocycles. The molecule has 122 valence electrons. The SMILES string of the molecule is CCOC(=O)CC(N)=NNc1c(Cl)cc(C(F)(F)F)cc1Cl. The van der Waals surface area contributed by atoms with Gasteiger partial charge in [-0.15, -0.1) is 0 Å². The molecular formula is C12H12Cl2F3N3O2. The molecule has 0 fully saturated rings. The summed E-state index contributed by atoms with van der Waals surface area (Å²) in [5.41, 5.74) is 6.76. The lowest BCUT2D eigenvalue weighted by Crippen LogP contribution is -2.20. The van der Waals surface area contributed by atoms with E-state index in [1.807, 2.05) is 0 Å². The molecule has 3 N–H and O–H groups in total. The average molecular weight is 358 g/mol. The largest absolute Gasteiger partial charge is 0.466 e. The summed E-state index contributed by atoms with van der Waals surface area (Å²) in [5.74, 6) is -0.722. The molecule has 22 heavy (non-hydrogen) atoms. The maximum Gasteiger partial charge on any atom is 0.416 e. The minimum absolute atomic E-state index is 0.0526. The van der Waals surface area contributed by atoms with Gasteiger partial charge in [0.15, 0.2) is 0 Å². The first kappa shape index (κ1) is 18.4. The van der Waals surface area contributed by atoms with Gasteiger partial charge in [0.1, 0.15) is 12.3 Å². The van der Waals surface area contributed by atoms with Crippen LogP contribution in [0.2, 0.25) is 10.0 Å². The zero-order valence-electron chi connectivity index (χ0n) is 11.3. The molecule has 5 nitrogen and oxygen atoms in total. The Morgan fingerprint density at radius 1 is 1.36 bits per heavy atom. The van der Waals surface area contributed by atoms with Crippen LogP contribution in [-0.2, 0) is 15.7 Å². The third-order valence-electron chi connectivity index (χ3n) is 2.31. The third-order valence-corrected chi connectivity index (χ3v) is 2.91. The maximum absolute atomic E-state index is 12.6. The van der Waals surface area contributed by atoms with Crippen LogP contribution in [0.15, 0.2) is 17.2 Å². The lowest BCUT2D eigenvalue weighted by molar-refractivity contribution is -0.141. The summed E-state index contributed by atoms with van der Waals surface area (Å²) in [6.45, 7) is 1.82. The molecule has 0 aromatic heterocycles. The van der Waals surface area contributed by atoms with Gasteiger partial charge in [0, 0.05) is 0 Å². The summed E-state index contributed by atoms with van der Waals surface area (Å²) in [7, 11) is 0. The molecule has 0 bridgehead atoms. The molecule has 0 heterocycles. The Bertz CT molecular complexity index is 568. The summed E-state index contributed by atoms with van der Waals surface area (Å²) < 4.78 is 42.4. The van der Waals surface area contributed by atoms with Crippen molar-refractivity contribution in [3.05, 3.63) is 27.7 Å². The van der Waals surface area contributed by atoms with E-state index < -0.39 is 17.7 Å². The summed E-state index contributed by atoms with van der Waals surface area (Å²) in [5, 5.41) is 3.05. The van der Waals surface area contributed by atoms with Crippen LogP contribution in [0.5, 0.6) is 0 Å². The van der Waals surface area contributed by atoms with Gasteiger partial charge >= 0.3 is 12.1 Å². The number of nitrogens with one attached hydrogen (secondary N) is 1. The van der Waals surface area contributed by atoms with E-state index in [1.54, 1.807) is 6.92 Å². The molecule has 0 saturated heterocycles. The molecule has 1 aromatic carbocycles. The van der Waals surface area contributed by atoms with Crippen molar-refractivity contribution < 1.29 is 22.7 Å². The topological polar surface area (TPSA) is 76.7 Å². The summed E-state index contributed by atoms with van der Waals surface area (Å²) >= 11 is 11.5. The number of nitrogens with two attached hydrogens (primary N) is 1. The molecule has 0 spiro atoms. The second-order valence-electron chi connectivity index (χ2n) is 4.01. The Balaban J connectivity index is 2.88. The number of benzene rings is 1. The number of nitrogens with zero attached hydrogens (tertiary/aromatic N) is 1. The van der Waals surface area contributed by atoms with Crippen molar-refractivity contribution in [3.8, 4) is 0 Å². The predicted octanol–water partition coefficient (Wildman–Crippen LogP) is 3.65. The minimum Gasteiger partial charge on any atom is -0.466 e. The van der Waals surface area contributed by atoms with Gasteiger partial charge in [-0.2, -0.15) is 18.3 Å². The zero-order valence-corrected chi connectivity index (χ0v) is 12.8. The zero-order chi connectivity index (χ0) is 16.9. The number of esters is 1. The third kappa shape index (κ3) is 5.27. The number of carbonyl (C=O) groups excluding carboxylic acids is 1. The number of hydrogen-bond donors (Lipinski definition) is 2. The number of ether oxygens (including phenoxy) is 1. The van der Waals surface area contributed by atoms with Crippen LogP contribution in [0, 0.1) is 0 Å². The van der Waals surface area contributed by atoms with Gasteiger partial charge in [0.2, 0.25) is 0 Å². The molecule has 0 aliphatic rings. The Kier molecular flexibility index (Phi) is 6.31. The van der Waals surface area contributed by atoms with Crippen molar-refractivity contribution in [2.75, 3.05) is 12.0 Å². The van der Waals surface area contributed by atoms with Gasteiger partial charge in [-0.25, -0.2) is 0 Å². The first-order valence-electron chi connectivity index (χ1n) is 5.95. The molecule has 0 unspecified atom stereocenters. The predicted molar refractivity (Wildman–Crippen MR) is 78.0 cm³/mol. The smallest absolute Gasteiger partial charge is 0.416 e. The molecule has 0 saturated carbocycles. The second-order valence-corrected chi connectivity index (χ2v) is 4.82. The van der Waals surface area contributed by atoms with E-state index in [0.29, 0.717) is 12.1 Å². The Morgan fingerprint density at radius 3 is 2.36 bits per heavy atom. The quantitative estimate of drug-likeness (QED) is 0.365. The summed E-state index contributed by atoms with van der Waals surface area (Å²) in [4.78, 5) is 11.2. The van der Waals surface area contributed by atoms with E-state index >= 15 is 0 Å². The first-order valence-corrected chi connectivity index (χ1v) is 6.70. The molecule has 0 radical (unpaired) electrons. The van der Waals surface area contributed by atoms with Crippen LogP contribution >= 0.6 is 23.2 Å². The van der Waals surface area contributed by atoms with Gasteiger partial charge in [-0.05, 0) is 19.1 Å². The fourth-order valence-corrected chi connectivity index (χ4v) is 1.94. The highest BCUT2D eigenvalue weighted by molar-refractivity contribution is 6.39. The van der Waals surface area contributed by atoms with Crippen LogP contribution in [0.25, 0.3) is 0 Å². The normalized spacial score (nSPS) is 12.2. The number of halogens is 5. The highest BCUT2D eigenvalue weighted by Gasteiger charge is 2.32. The molecule has 10 heteroatoms. The van der Waals surface area contributed by atoms with E-state index in [9.17, 15) is 18.0 Å². The van der Waals surface area contributed by atoms with Crippen LogP contribution in [0.1, 0.15) is 18.9 Å². The van der Waals surface area contributed by atoms with Gasteiger partial charge < -0.3 is 10.5 Å². The molecule has 0 atom stereocenters. The van der Waals surface area contributed by atoms with Crippen LogP contribution < -0.4 is 11.2 Å². The van der Waals surface area contributed by atoms with Crippen LogP contribution in [0.4, 0.5) is 18.9 Å². The number of alkyl halides is 3. The van der Waals surface area contributed by atoms with Gasteiger partial charge in [0.05, 0.1) is 27.9 Å². The lowest BCUT2D eigenvalue weighted by Gasteiger charge is -2.12. The number of rotatable bonds is 5. The number of anilines is 1. The van der Waals surface area contributed by atoms with Crippen molar-refractivity contribution in [1.29, 1.82) is 0 Å². The van der Waals surface area contributed by atoms with Crippen molar-refractivity contribution in [1.82, 2.24) is 0 Å². The van der Waals surface area contributed by atoms with E-state index in [-0.39, 0.29) is 34.6 Å². The fourth-order valence-electron chi connectivity index (χ4n) is 1.37. The Labute approximate surface area is 134 Å². The molecule has 1 aromatic rings. The number of amidine groups is 1. The minimum atomic E-state index is -4.57. The van der Waals surface area contributed by atoms with Crippen molar-refractivity contribution in [3.63, 3.8) is 0 Å².